The first-order valence-electron chi connectivity index (χ1n) is 25.0. The number of hydrogen-bond acceptors (Lipinski definition) is 8. The molecule has 2 aromatic heterocycles. The average Bonchev–Trinajstić information content (AvgIpc) is 4.06. The van der Waals surface area contributed by atoms with Crippen molar-refractivity contribution < 1.29 is 29.3 Å². The Labute approximate surface area is 372 Å². The molecule has 10 rings (SSSR count). The summed E-state index contributed by atoms with van der Waals surface area (Å²) in [6, 6.07) is 0. The van der Waals surface area contributed by atoms with Crippen molar-refractivity contribution >= 4 is 11.6 Å². The van der Waals surface area contributed by atoms with Crippen molar-refractivity contribution in [3.8, 4) is 0 Å². The minimum atomic E-state index is -0.632. The summed E-state index contributed by atoms with van der Waals surface area (Å²) in [6.07, 6.45) is 31.0. The van der Waals surface area contributed by atoms with Crippen molar-refractivity contribution in [2.24, 2.45) is 80.8 Å². The summed E-state index contributed by atoms with van der Waals surface area (Å²) in [5, 5.41) is 22.1. The van der Waals surface area contributed by atoms with Gasteiger partial charge in [0.2, 0.25) is 0 Å². The lowest BCUT2D eigenvalue weighted by Gasteiger charge is -2.62. The highest BCUT2D eigenvalue weighted by Gasteiger charge is 2.64. The molecule has 8 saturated carbocycles. The molecule has 0 saturated heterocycles. The molecule has 2 aromatic rings. The fourth-order valence-corrected chi connectivity index (χ4v) is 17.8. The Morgan fingerprint density at radius 1 is 0.548 bits per heavy atom. The van der Waals surface area contributed by atoms with E-state index in [9.17, 15) is 19.8 Å². The van der Waals surface area contributed by atoms with E-state index in [1.165, 1.54) is 64.2 Å². The number of imidazole rings is 2. The predicted octanol–water partition coefficient (Wildman–Crippen LogP) is 8.98. The summed E-state index contributed by atoms with van der Waals surface area (Å²) < 4.78 is 14.6. The van der Waals surface area contributed by atoms with Crippen molar-refractivity contribution in [1.29, 1.82) is 0 Å². The van der Waals surface area contributed by atoms with Gasteiger partial charge in [0.1, 0.15) is 0 Å². The summed E-state index contributed by atoms with van der Waals surface area (Å²) in [7, 11) is 3.41. The number of ketones is 2. The molecule has 0 amide bonds. The molecule has 16 atom stereocenters. The number of fused-ring (bicyclic) bond motifs is 10. The lowest BCUT2D eigenvalue weighted by Crippen LogP contribution is -2.56. The number of hydrogen-bond donors (Lipinski definition) is 2. The molecule has 0 bridgehead atoms. The molecule has 62 heavy (non-hydrogen) atoms. The zero-order valence-corrected chi connectivity index (χ0v) is 39.1. The van der Waals surface area contributed by atoms with Crippen molar-refractivity contribution in [3.05, 3.63) is 37.4 Å². The van der Waals surface area contributed by atoms with Crippen LogP contribution in [0.1, 0.15) is 143 Å². The van der Waals surface area contributed by atoms with Gasteiger partial charge >= 0.3 is 0 Å². The lowest BCUT2D eigenvalue weighted by atomic mass is 9.44. The van der Waals surface area contributed by atoms with Gasteiger partial charge in [-0.2, -0.15) is 0 Å². The molecule has 6 unspecified atom stereocenters. The Morgan fingerprint density at radius 2 is 0.952 bits per heavy atom. The maximum Gasteiger partial charge on any atom is 0.156 e. The average molecular weight is 857 g/mol. The second kappa shape index (κ2) is 16.8. The Kier molecular flexibility index (Phi) is 12.1. The molecule has 2 N–H and O–H groups in total. The number of methoxy groups -OCH3 is 2. The van der Waals surface area contributed by atoms with Gasteiger partial charge in [-0.25, -0.2) is 9.97 Å². The Balaban J connectivity index is 0.000000158. The monoisotopic (exact) mass is 857 g/mol. The van der Waals surface area contributed by atoms with Crippen LogP contribution in [0.15, 0.2) is 37.4 Å². The van der Waals surface area contributed by atoms with E-state index in [1.54, 1.807) is 39.3 Å². The fourth-order valence-electron chi connectivity index (χ4n) is 17.8. The Bertz CT molecular complexity index is 1750. The topological polar surface area (TPSA) is 129 Å². The van der Waals surface area contributed by atoms with Crippen LogP contribution in [0.25, 0.3) is 0 Å². The molecule has 0 radical (unpaired) electrons. The third-order valence-corrected chi connectivity index (χ3v) is 21.0. The molecule has 0 aromatic carbocycles. The first-order chi connectivity index (χ1) is 29.6. The van der Waals surface area contributed by atoms with E-state index in [0.29, 0.717) is 72.4 Å². The van der Waals surface area contributed by atoms with Gasteiger partial charge in [-0.3, -0.25) is 9.59 Å². The highest BCUT2D eigenvalue weighted by molar-refractivity contribution is 5.82. The van der Waals surface area contributed by atoms with Crippen LogP contribution in [-0.4, -0.2) is 79.5 Å². The Hall–Kier alpha value is -2.40. The number of carbonyl (C=O) groups is 2. The number of carbonyl (C=O) groups excluding carboxylic acids is 2. The number of Topliss-reactive ketones (excluding diaryl/α,β-unsaturated/α-hetero) is 2. The third-order valence-electron chi connectivity index (χ3n) is 21.0. The van der Waals surface area contributed by atoms with E-state index in [2.05, 4.69) is 37.7 Å². The van der Waals surface area contributed by atoms with E-state index < -0.39 is 11.2 Å². The summed E-state index contributed by atoms with van der Waals surface area (Å²) in [4.78, 5) is 34.8. The second-order valence-corrected chi connectivity index (χ2v) is 23.8. The van der Waals surface area contributed by atoms with Crippen LogP contribution in [0, 0.1) is 80.8 Å². The number of rotatable bonds is 10. The Morgan fingerprint density at radius 3 is 1.32 bits per heavy atom. The number of ether oxygens (including phenoxy) is 2. The van der Waals surface area contributed by atoms with Gasteiger partial charge in [-0.05, 0) is 185 Å². The summed E-state index contributed by atoms with van der Waals surface area (Å²) in [5.41, 5.74) is -0.270. The molecular formula is C52H80N4O6. The molecule has 0 aliphatic heterocycles. The van der Waals surface area contributed by atoms with E-state index in [4.69, 9.17) is 9.47 Å². The third kappa shape index (κ3) is 7.62. The first-order valence-corrected chi connectivity index (χ1v) is 25.0. The smallest absolute Gasteiger partial charge is 0.156 e. The molecular weight excluding hydrogens is 777 g/mol. The summed E-state index contributed by atoms with van der Waals surface area (Å²) in [6.45, 7) is 11.8. The van der Waals surface area contributed by atoms with Gasteiger partial charge in [0, 0.05) is 50.8 Å². The molecule has 0 spiro atoms. The normalized spacial score (nSPS) is 46.8. The zero-order chi connectivity index (χ0) is 43.7. The quantitative estimate of drug-likeness (QED) is 0.243. The maximum absolute atomic E-state index is 13.3. The molecule has 8 fully saturated rings. The van der Waals surface area contributed by atoms with Gasteiger partial charge in [0.25, 0.3) is 0 Å². The van der Waals surface area contributed by atoms with E-state index in [1.807, 2.05) is 21.5 Å². The minimum Gasteiger partial charge on any atom is -0.387 e. The minimum absolute atomic E-state index is 0.160. The van der Waals surface area contributed by atoms with Crippen molar-refractivity contribution in [1.82, 2.24) is 19.1 Å². The van der Waals surface area contributed by atoms with E-state index in [-0.39, 0.29) is 22.7 Å². The van der Waals surface area contributed by atoms with Gasteiger partial charge in [-0.15, -0.1) is 0 Å². The summed E-state index contributed by atoms with van der Waals surface area (Å²) >= 11 is 0. The standard InChI is InChI=1S/2C26H40N2O3/c2*1-24-10-11-26(30,16-31-3)14-18(24)4-5-19-20-6-7-22(25(20,2)9-8-21(19)24)23(29)15-28-13-12-27-17-28/h2*12-13,17-22,30H,4-11,14-16H2,1-3H3/t2*18-,19?,20?,21?,22+,24-,25-,26+/m00/s1. The van der Waals surface area contributed by atoms with Crippen LogP contribution in [0.2, 0.25) is 0 Å². The van der Waals surface area contributed by atoms with Gasteiger partial charge < -0.3 is 28.8 Å². The first kappa shape index (κ1) is 44.8. The van der Waals surface area contributed by atoms with Crippen LogP contribution >= 0.6 is 0 Å². The molecule has 10 nitrogen and oxygen atoms in total. The number of nitrogens with zero attached hydrogens (tertiary/aromatic N) is 4. The fraction of sp³-hybridized carbons (Fsp3) is 0.846. The second-order valence-electron chi connectivity index (χ2n) is 23.8. The van der Waals surface area contributed by atoms with Crippen LogP contribution in [0.4, 0.5) is 0 Å². The van der Waals surface area contributed by atoms with Crippen molar-refractivity contribution in [2.75, 3.05) is 27.4 Å². The SMILES string of the molecule is COC[C@@]1(O)CC[C@]2(C)C3CC[C@@]4(C)C(CC[C@@H]4C(=O)Cn4ccnc4)C3CC[C@H]2C1.COC[C@@]1(O)CC[C@]2(C)C3CC[C@@]4(C)C(CC[C@@H]4C(=O)Cn4ccnc4)C3CC[C@H]2C1. The highest BCUT2D eigenvalue weighted by Crippen LogP contribution is 2.70. The molecule has 2 heterocycles. The van der Waals surface area contributed by atoms with Crippen LogP contribution in [-0.2, 0) is 32.2 Å². The van der Waals surface area contributed by atoms with E-state index >= 15 is 0 Å². The molecule has 344 valence electrons. The van der Waals surface area contributed by atoms with Gasteiger partial charge in [-0.1, -0.05) is 27.7 Å². The van der Waals surface area contributed by atoms with Crippen LogP contribution < -0.4 is 0 Å². The van der Waals surface area contributed by atoms with Gasteiger partial charge in [0.15, 0.2) is 11.6 Å². The largest absolute Gasteiger partial charge is 0.387 e. The molecule has 8 aliphatic carbocycles. The van der Waals surface area contributed by atoms with Crippen molar-refractivity contribution in [3.63, 3.8) is 0 Å². The molecule has 8 aliphatic rings. The molecule has 10 heteroatoms. The summed E-state index contributed by atoms with van der Waals surface area (Å²) in [5.74, 6) is 6.78. The zero-order valence-electron chi connectivity index (χ0n) is 39.1. The lowest BCUT2D eigenvalue weighted by molar-refractivity contribution is -0.164. The predicted molar refractivity (Wildman–Crippen MR) is 239 cm³/mol. The highest BCUT2D eigenvalue weighted by atomic mass is 16.5. The maximum atomic E-state index is 13.3. The van der Waals surface area contributed by atoms with Crippen LogP contribution in [0.3, 0.4) is 0 Å². The van der Waals surface area contributed by atoms with E-state index in [0.717, 1.165) is 75.0 Å². The van der Waals surface area contributed by atoms with Crippen LogP contribution in [0.5, 0.6) is 0 Å². The van der Waals surface area contributed by atoms with Crippen molar-refractivity contribution in [2.45, 2.75) is 168 Å². The van der Waals surface area contributed by atoms with Gasteiger partial charge in [0.05, 0.1) is 50.2 Å². The number of aliphatic hydroxyl groups is 2. The number of aromatic nitrogens is 4.